The standard InChI is InChI=1S/C13H24N2O3/c1-10(9-14)7-11(16)15-13(8-12(17)18)5-3-2-4-6-13/h10H,2-9,14H2,1H3,(H,15,16)(H,17,18). The SMILES string of the molecule is CC(CN)CC(=O)NC1(CC(=O)O)CCCCC1. The molecule has 1 aliphatic carbocycles. The Morgan fingerprint density at radius 2 is 1.94 bits per heavy atom. The second kappa shape index (κ2) is 6.73. The maximum atomic E-state index is 11.9. The molecule has 0 spiro atoms. The van der Waals surface area contributed by atoms with E-state index in [0.29, 0.717) is 13.0 Å². The van der Waals surface area contributed by atoms with Gasteiger partial charge in [-0.05, 0) is 25.3 Å². The Morgan fingerprint density at radius 1 is 1.33 bits per heavy atom. The molecule has 4 N–H and O–H groups in total. The van der Waals surface area contributed by atoms with Gasteiger partial charge in [0.2, 0.25) is 5.91 Å². The second-order valence-electron chi connectivity index (χ2n) is 5.50. The van der Waals surface area contributed by atoms with Crippen molar-refractivity contribution in [2.45, 2.75) is 57.4 Å². The second-order valence-corrected chi connectivity index (χ2v) is 5.50. The Kier molecular flexibility index (Phi) is 5.59. The summed E-state index contributed by atoms with van der Waals surface area (Å²) in [6.45, 7) is 2.39. The lowest BCUT2D eigenvalue weighted by Gasteiger charge is -2.37. The van der Waals surface area contributed by atoms with E-state index < -0.39 is 11.5 Å². The molecule has 1 aliphatic rings. The lowest BCUT2D eigenvalue weighted by atomic mass is 9.79. The fourth-order valence-corrected chi connectivity index (χ4v) is 2.61. The van der Waals surface area contributed by atoms with Gasteiger partial charge in [-0.2, -0.15) is 0 Å². The molecule has 1 amide bonds. The molecule has 5 heteroatoms. The number of carbonyl (C=O) groups excluding carboxylic acids is 1. The van der Waals surface area contributed by atoms with E-state index in [9.17, 15) is 9.59 Å². The average Bonchev–Trinajstić information content (AvgIpc) is 2.28. The number of aliphatic carboxylic acids is 1. The van der Waals surface area contributed by atoms with Gasteiger partial charge in [-0.3, -0.25) is 9.59 Å². The summed E-state index contributed by atoms with van der Waals surface area (Å²) in [5, 5.41) is 12.0. The van der Waals surface area contributed by atoms with Crippen LogP contribution in [0, 0.1) is 5.92 Å². The molecule has 0 heterocycles. The lowest BCUT2D eigenvalue weighted by Crippen LogP contribution is -2.51. The minimum Gasteiger partial charge on any atom is -0.481 e. The highest BCUT2D eigenvalue weighted by atomic mass is 16.4. The van der Waals surface area contributed by atoms with Gasteiger partial charge in [0.05, 0.1) is 12.0 Å². The van der Waals surface area contributed by atoms with Gasteiger partial charge in [-0.1, -0.05) is 26.2 Å². The van der Waals surface area contributed by atoms with Crippen LogP contribution in [0.1, 0.15) is 51.9 Å². The zero-order chi connectivity index (χ0) is 13.6. The normalized spacial score (nSPS) is 20.1. The third kappa shape index (κ3) is 4.64. The summed E-state index contributed by atoms with van der Waals surface area (Å²) in [7, 11) is 0. The quantitative estimate of drug-likeness (QED) is 0.667. The van der Waals surface area contributed by atoms with Gasteiger partial charge in [0.15, 0.2) is 0 Å². The molecule has 0 bridgehead atoms. The van der Waals surface area contributed by atoms with Crippen LogP contribution in [-0.2, 0) is 9.59 Å². The van der Waals surface area contributed by atoms with Crippen molar-refractivity contribution in [2.75, 3.05) is 6.54 Å². The van der Waals surface area contributed by atoms with Crippen molar-refractivity contribution in [1.82, 2.24) is 5.32 Å². The first-order valence-corrected chi connectivity index (χ1v) is 6.70. The molecule has 0 aliphatic heterocycles. The van der Waals surface area contributed by atoms with E-state index in [4.69, 9.17) is 10.8 Å². The number of nitrogens with one attached hydrogen (secondary N) is 1. The number of hydrogen-bond donors (Lipinski definition) is 3. The van der Waals surface area contributed by atoms with Crippen LogP contribution in [0.3, 0.4) is 0 Å². The number of rotatable bonds is 6. The number of amides is 1. The molecule has 5 nitrogen and oxygen atoms in total. The topological polar surface area (TPSA) is 92.4 Å². The molecular weight excluding hydrogens is 232 g/mol. The van der Waals surface area contributed by atoms with Crippen LogP contribution in [0.4, 0.5) is 0 Å². The molecule has 0 radical (unpaired) electrons. The minimum absolute atomic E-state index is 0.0236. The van der Waals surface area contributed by atoms with E-state index in [-0.39, 0.29) is 18.2 Å². The van der Waals surface area contributed by atoms with Gasteiger partial charge in [-0.15, -0.1) is 0 Å². The molecule has 104 valence electrons. The predicted octanol–water partition coefficient (Wildman–Crippen LogP) is 1.27. The Morgan fingerprint density at radius 3 is 2.44 bits per heavy atom. The molecule has 0 aromatic heterocycles. The molecule has 1 unspecified atom stereocenters. The van der Waals surface area contributed by atoms with E-state index in [1.165, 1.54) is 0 Å². The zero-order valence-electron chi connectivity index (χ0n) is 11.1. The van der Waals surface area contributed by atoms with Crippen molar-refractivity contribution in [3.05, 3.63) is 0 Å². The third-order valence-corrected chi connectivity index (χ3v) is 3.64. The van der Waals surface area contributed by atoms with Gasteiger partial charge >= 0.3 is 5.97 Å². The van der Waals surface area contributed by atoms with Crippen LogP contribution in [0.5, 0.6) is 0 Å². The zero-order valence-corrected chi connectivity index (χ0v) is 11.1. The fourth-order valence-electron chi connectivity index (χ4n) is 2.61. The highest BCUT2D eigenvalue weighted by Gasteiger charge is 2.35. The lowest BCUT2D eigenvalue weighted by molar-refractivity contribution is -0.139. The summed E-state index contributed by atoms with van der Waals surface area (Å²) in [6, 6.07) is 0. The predicted molar refractivity (Wildman–Crippen MR) is 69.0 cm³/mol. The molecule has 18 heavy (non-hydrogen) atoms. The third-order valence-electron chi connectivity index (χ3n) is 3.64. The minimum atomic E-state index is -0.843. The Labute approximate surface area is 108 Å². The molecular formula is C13H24N2O3. The van der Waals surface area contributed by atoms with Crippen LogP contribution in [-0.4, -0.2) is 29.1 Å². The summed E-state index contributed by atoms with van der Waals surface area (Å²) in [4.78, 5) is 22.9. The van der Waals surface area contributed by atoms with Gasteiger partial charge in [0.1, 0.15) is 0 Å². The van der Waals surface area contributed by atoms with Gasteiger partial charge in [-0.25, -0.2) is 0 Å². The van der Waals surface area contributed by atoms with Crippen molar-refractivity contribution in [2.24, 2.45) is 11.7 Å². The molecule has 0 aromatic carbocycles. The molecule has 1 fully saturated rings. The number of carbonyl (C=O) groups is 2. The summed E-state index contributed by atoms with van der Waals surface area (Å²) >= 11 is 0. The molecule has 0 saturated heterocycles. The van der Waals surface area contributed by atoms with E-state index >= 15 is 0 Å². The summed E-state index contributed by atoms with van der Waals surface area (Å²) < 4.78 is 0. The van der Waals surface area contributed by atoms with Gasteiger partial charge < -0.3 is 16.2 Å². The molecule has 1 atom stereocenters. The van der Waals surface area contributed by atoms with Crippen LogP contribution in [0.2, 0.25) is 0 Å². The van der Waals surface area contributed by atoms with Crippen molar-refractivity contribution in [3.63, 3.8) is 0 Å². The van der Waals surface area contributed by atoms with Gasteiger partial charge in [0.25, 0.3) is 0 Å². The first-order valence-electron chi connectivity index (χ1n) is 6.70. The average molecular weight is 256 g/mol. The first-order chi connectivity index (χ1) is 8.47. The van der Waals surface area contributed by atoms with Gasteiger partial charge in [0, 0.05) is 6.42 Å². The Balaban J connectivity index is 2.60. The molecule has 1 rings (SSSR count). The Hall–Kier alpha value is -1.10. The van der Waals surface area contributed by atoms with Crippen LogP contribution >= 0.6 is 0 Å². The van der Waals surface area contributed by atoms with Crippen LogP contribution < -0.4 is 11.1 Å². The van der Waals surface area contributed by atoms with E-state index in [1.807, 2.05) is 6.92 Å². The van der Waals surface area contributed by atoms with Crippen molar-refractivity contribution in [3.8, 4) is 0 Å². The van der Waals surface area contributed by atoms with Crippen molar-refractivity contribution >= 4 is 11.9 Å². The summed E-state index contributed by atoms with van der Waals surface area (Å²) in [5.41, 5.74) is 4.96. The smallest absolute Gasteiger partial charge is 0.305 e. The number of carboxylic acids is 1. The highest BCUT2D eigenvalue weighted by Crippen LogP contribution is 2.31. The highest BCUT2D eigenvalue weighted by molar-refractivity contribution is 5.78. The van der Waals surface area contributed by atoms with E-state index in [2.05, 4.69) is 5.32 Å². The number of hydrogen-bond acceptors (Lipinski definition) is 3. The summed E-state index contributed by atoms with van der Waals surface area (Å²) in [5.74, 6) is -0.782. The molecule has 1 saturated carbocycles. The number of carboxylic acid groups (broad SMARTS) is 1. The number of nitrogens with two attached hydrogens (primary N) is 1. The maximum Gasteiger partial charge on any atom is 0.305 e. The summed E-state index contributed by atoms with van der Waals surface area (Å²) in [6.07, 6.45) is 5.02. The van der Waals surface area contributed by atoms with E-state index in [1.54, 1.807) is 0 Å². The van der Waals surface area contributed by atoms with Crippen molar-refractivity contribution < 1.29 is 14.7 Å². The van der Waals surface area contributed by atoms with Crippen molar-refractivity contribution in [1.29, 1.82) is 0 Å². The maximum absolute atomic E-state index is 11.9. The van der Waals surface area contributed by atoms with E-state index in [0.717, 1.165) is 32.1 Å². The van der Waals surface area contributed by atoms with Crippen LogP contribution in [0.15, 0.2) is 0 Å². The fraction of sp³-hybridized carbons (Fsp3) is 0.846. The van der Waals surface area contributed by atoms with Crippen LogP contribution in [0.25, 0.3) is 0 Å². The monoisotopic (exact) mass is 256 g/mol. The Bertz CT molecular complexity index is 299. The largest absolute Gasteiger partial charge is 0.481 e. The molecule has 0 aromatic rings. The first kappa shape index (κ1) is 15.0.